The lowest BCUT2D eigenvalue weighted by Gasteiger charge is -2.32. The summed E-state index contributed by atoms with van der Waals surface area (Å²) < 4.78 is 44.6. The van der Waals surface area contributed by atoms with Crippen LogP contribution in [0.4, 0.5) is 18.3 Å². The molecular formula is C18H15F3N4OS. The molecule has 0 aliphatic carbocycles. The summed E-state index contributed by atoms with van der Waals surface area (Å²) in [5.74, 6) is 0. The maximum Gasteiger partial charge on any atom is 0.416 e. The summed E-state index contributed by atoms with van der Waals surface area (Å²) in [5, 5.41) is 9.81. The average Bonchev–Trinajstić information content (AvgIpc) is 3.19. The third kappa shape index (κ3) is 3.93. The van der Waals surface area contributed by atoms with E-state index in [2.05, 4.69) is 15.2 Å². The normalized spacial score (nSPS) is 17.9. The second-order valence-electron chi connectivity index (χ2n) is 6.03. The van der Waals surface area contributed by atoms with E-state index in [0.717, 1.165) is 17.8 Å². The Kier molecular flexibility index (Phi) is 4.79. The van der Waals surface area contributed by atoms with Gasteiger partial charge in [0.25, 0.3) is 0 Å². The molecule has 1 fully saturated rings. The Labute approximate surface area is 157 Å². The fourth-order valence-corrected chi connectivity index (χ4v) is 3.73. The molecule has 27 heavy (non-hydrogen) atoms. The van der Waals surface area contributed by atoms with Gasteiger partial charge in [-0.2, -0.15) is 13.2 Å². The fraction of sp³-hybridized carbons (Fsp3) is 0.278. The highest BCUT2D eigenvalue weighted by Gasteiger charge is 2.32. The van der Waals surface area contributed by atoms with Crippen molar-refractivity contribution in [2.45, 2.75) is 12.3 Å². The number of pyridine rings is 1. The SMILES string of the molecule is FC(F)(F)c1cccc([C@H]2CN(c3nnc(-c4ccccn4)s3)CCO2)c1. The maximum absolute atomic E-state index is 13.0. The molecule has 0 unspecified atom stereocenters. The first-order valence-electron chi connectivity index (χ1n) is 8.29. The molecule has 0 saturated carbocycles. The van der Waals surface area contributed by atoms with E-state index in [1.807, 2.05) is 23.1 Å². The Hall–Kier alpha value is -2.52. The molecule has 0 N–H and O–H groups in total. The highest BCUT2D eigenvalue weighted by molar-refractivity contribution is 7.18. The van der Waals surface area contributed by atoms with Gasteiger partial charge in [-0.1, -0.05) is 29.5 Å². The van der Waals surface area contributed by atoms with Crippen molar-refractivity contribution >= 4 is 16.5 Å². The molecule has 3 heterocycles. The van der Waals surface area contributed by atoms with Crippen LogP contribution in [0.2, 0.25) is 0 Å². The molecule has 1 saturated heterocycles. The molecule has 3 aromatic rings. The van der Waals surface area contributed by atoms with Crippen molar-refractivity contribution in [2.24, 2.45) is 0 Å². The summed E-state index contributed by atoms with van der Waals surface area (Å²) in [4.78, 5) is 6.25. The molecule has 0 radical (unpaired) electrons. The number of nitrogens with zero attached hydrogens (tertiary/aromatic N) is 4. The first-order valence-corrected chi connectivity index (χ1v) is 9.11. The number of alkyl halides is 3. The van der Waals surface area contributed by atoms with E-state index in [9.17, 15) is 13.2 Å². The Morgan fingerprint density at radius 2 is 2.00 bits per heavy atom. The highest BCUT2D eigenvalue weighted by Crippen LogP contribution is 2.34. The van der Waals surface area contributed by atoms with Gasteiger partial charge in [-0.05, 0) is 29.8 Å². The summed E-state index contributed by atoms with van der Waals surface area (Å²) in [6.45, 7) is 1.42. The van der Waals surface area contributed by atoms with E-state index < -0.39 is 17.8 Å². The minimum Gasteiger partial charge on any atom is -0.370 e. The van der Waals surface area contributed by atoms with Gasteiger partial charge in [0.2, 0.25) is 5.13 Å². The Morgan fingerprint density at radius 3 is 2.78 bits per heavy atom. The van der Waals surface area contributed by atoms with Crippen molar-refractivity contribution < 1.29 is 17.9 Å². The van der Waals surface area contributed by atoms with E-state index in [1.54, 1.807) is 12.3 Å². The van der Waals surface area contributed by atoms with Crippen molar-refractivity contribution in [1.82, 2.24) is 15.2 Å². The van der Waals surface area contributed by atoms with Crippen LogP contribution in [-0.2, 0) is 10.9 Å². The van der Waals surface area contributed by atoms with Gasteiger partial charge in [-0.25, -0.2) is 0 Å². The molecule has 0 spiro atoms. The predicted molar refractivity (Wildman–Crippen MR) is 95.5 cm³/mol. The number of hydrogen-bond acceptors (Lipinski definition) is 6. The van der Waals surface area contributed by atoms with Crippen molar-refractivity contribution in [2.75, 3.05) is 24.6 Å². The van der Waals surface area contributed by atoms with E-state index in [-0.39, 0.29) is 0 Å². The number of ether oxygens (including phenoxy) is 1. The number of aromatic nitrogens is 3. The predicted octanol–water partition coefficient (Wildman–Crippen LogP) is 4.20. The standard InChI is InChI=1S/C18H15F3N4OS/c19-18(20,21)13-5-3-4-12(10-13)15-11-25(8-9-26-15)17-24-23-16(27-17)14-6-1-2-7-22-14/h1-7,10,15H,8-9,11H2/t15-/m1/s1. The molecule has 5 nitrogen and oxygen atoms in total. The van der Waals surface area contributed by atoms with Gasteiger partial charge >= 0.3 is 6.18 Å². The molecule has 2 aromatic heterocycles. The summed E-state index contributed by atoms with van der Waals surface area (Å²) in [5.41, 5.74) is 0.571. The lowest BCUT2D eigenvalue weighted by atomic mass is 10.0. The smallest absolute Gasteiger partial charge is 0.370 e. The number of morpholine rings is 1. The monoisotopic (exact) mass is 392 g/mol. The first kappa shape index (κ1) is 17.9. The van der Waals surface area contributed by atoms with Crippen LogP contribution >= 0.6 is 11.3 Å². The van der Waals surface area contributed by atoms with Gasteiger partial charge in [0.05, 0.1) is 18.7 Å². The first-order chi connectivity index (χ1) is 13.0. The molecule has 1 atom stereocenters. The third-order valence-corrected chi connectivity index (χ3v) is 5.23. The van der Waals surface area contributed by atoms with E-state index in [0.29, 0.717) is 35.4 Å². The summed E-state index contributed by atoms with van der Waals surface area (Å²) in [7, 11) is 0. The molecule has 9 heteroatoms. The molecule has 1 aliphatic heterocycles. The topological polar surface area (TPSA) is 51.1 Å². The molecular weight excluding hydrogens is 377 g/mol. The second kappa shape index (κ2) is 7.24. The largest absolute Gasteiger partial charge is 0.416 e. The quantitative estimate of drug-likeness (QED) is 0.669. The number of halogens is 3. The van der Waals surface area contributed by atoms with Crippen molar-refractivity contribution in [3.63, 3.8) is 0 Å². The van der Waals surface area contributed by atoms with Crippen LogP contribution in [0.5, 0.6) is 0 Å². The van der Waals surface area contributed by atoms with Gasteiger partial charge < -0.3 is 9.64 Å². The number of rotatable bonds is 3. The average molecular weight is 392 g/mol. The van der Waals surface area contributed by atoms with Gasteiger partial charge in [0.15, 0.2) is 5.01 Å². The van der Waals surface area contributed by atoms with E-state index >= 15 is 0 Å². The van der Waals surface area contributed by atoms with Crippen molar-refractivity contribution in [3.8, 4) is 10.7 Å². The number of benzene rings is 1. The molecule has 1 aliphatic rings. The zero-order valence-corrected chi connectivity index (χ0v) is 14.9. The number of hydrogen-bond donors (Lipinski definition) is 0. The molecule has 140 valence electrons. The zero-order valence-electron chi connectivity index (χ0n) is 14.1. The van der Waals surface area contributed by atoms with Crippen LogP contribution in [0, 0.1) is 0 Å². The number of anilines is 1. The molecule has 0 bridgehead atoms. The Bertz CT molecular complexity index is 916. The Morgan fingerprint density at radius 1 is 1.11 bits per heavy atom. The molecule has 0 amide bonds. The lowest BCUT2D eigenvalue weighted by molar-refractivity contribution is -0.137. The third-order valence-electron chi connectivity index (χ3n) is 4.22. The van der Waals surface area contributed by atoms with Gasteiger partial charge in [-0.15, -0.1) is 10.2 Å². The van der Waals surface area contributed by atoms with Gasteiger partial charge in [0.1, 0.15) is 11.8 Å². The highest BCUT2D eigenvalue weighted by atomic mass is 32.1. The van der Waals surface area contributed by atoms with Gasteiger partial charge in [-0.3, -0.25) is 4.98 Å². The van der Waals surface area contributed by atoms with E-state index in [1.165, 1.54) is 17.4 Å². The fourth-order valence-electron chi connectivity index (χ4n) is 2.88. The van der Waals surface area contributed by atoms with Crippen LogP contribution in [0.15, 0.2) is 48.7 Å². The van der Waals surface area contributed by atoms with Crippen molar-refractivity contribution in [1.29, 1.82) is 0 Å². The van der Waals surface area contributed by atoms with E-state index in [4.69, 9.17) is 4.74 Å². The lowest BCUT2D eigenvalue weighted by Crippen LogP contribution is -2.38. The van der Waals surface area contributed by atoms with Crippen LogP contribution in [0.25, 0.3) is 10.7 Å². The van der Waals surface area contributed by atoms with Crippen LogP contribution in [0.3, 0.4) is 0 Å². The van der Waals surface area contributed by atoms with Crippen molar-refractivity contribution in [3.05, 3.63) is 59.8 Å². The molecule has 1 aromatic carbocycles. The zero-order chi connectivity index (χ0) is 18.9. The van der Waals surface area contributed by atoms with Crippen LogP contribution < -0.4 is 4.90 Å². The van der Waals surface area contributed by atoms with Crippen LogP contribution in [-0.4, -0.2) is 34.9 Å². The maximum atomic E-state index is 13.0. The summed E-state index contributed by atoms with van der Waals surface area (Å²) >= 11 is 1.40. The Balaban J connectivity index is 1.53. The second-order valence-corrected chi connectivity index (χ2v) is 6.99. The van der Waals surface area contributed by atoms with Crippen LogP contribution in [0.1, 0.15) is 17.2 Å². The molecule has 4 rings (SSSR count). The summed E-state index contributed by atoms with van der Waals surface area (Å²) in [6.07, 6.45) is -3.14. The summed E-state index contributed by atoms with van der Waals surface area (Å²) in [6, 6.07) is 10.8. The minimum atomic E-state index is -4.37. The van der Waals surface area contributed by atoms with Gasteiger partial charge in [0, 0.05) is 12.7 Å². The minimum absolute atomic E-state index is 0.402.